The third-order valence-electron chi connectivity index (χ3n) is 5.05. The van der Waals surface area contributed by atoms with Gasteiger partial charge in [-0.15, -0.1) is 0 Å². The second kappa shape index (κ2) is 6.17. The molecule has 0 bridgehead atoms. The van der Waals surface area contributed by atoms with Gasteiger partial charge in [0.25, 0.3) is 5.91 Å². The van der Waals surface area contributed by atoms with Crippen LogP contribution >= 0.6 is 11.6 Å². The smallest absolute Gasteiger partial charge is 0.267 e. The SMILES string of the molecule is NC(=O)c1cnc2ccc(-c3c(-c4ccc(F)c(Cl)c4)nc4n3CCC4)cn12. The topological polar surface area (TPSA) is 78.2 Å². The Morgan fingerprint density at radius 2 is 2.04 bits per heavy atom. The van der Waals surface area contributed by atoms with Gasteiger partial charge in [-0.3, -0.25) is 9.20 Å². The number of hydrogen-bond donors (Lipinski definition) is 1. The van der Waals surface area contributed by atoms with Gasteiger partial charge >= 0.3 is 0 Å². The highest BCUT2D eigenvalue weighted by molar-refractivity contribution is 6.31. The van der Waals surface area contributed by atoms with Crippen LogP contribution in [0.5, 0.6) is 0 Å². The summed E-state index contributed by atoms with van der Waals surface area (Å²) in [6.45, 7) is 0.844. The molecule has 0 fully saturated rings. The third kappa shape index (κ3) is 2.51. The molecule has 28 heavy (non-hydrogen) atoms. The number of fused-ring (bicyclic) bond motifs is 2. The minimum Gasteiger partial charge on any atom is -0.364 e. The Bertz CT molecular complexity index is 1260. The molecule has 2 N–H and O–H groups in total. The normalized spacial score (nSPS) is 13.2. The van der Waals surface area contributed by atoms with Crippen LogP contribution in [0.15, 0.2) is 42.7 Å². The lowest BCUT2D eigenvalue weighted by atomic mass is 10.1. The minimum atomic E-state index is -0.547. The molecule has 0 aliphatic carbocycles. The summed E-state index contributed by atoms with van der Waals surface area (Å²) in [5.41, 5.74) is 9.65. The number of halogens is 2. The number of amides is 1. The predicted molar refractivity (Wildman–Crippen MR) is 104 cm³/mol. The molecular formula is C20H15ClFN5O. The van der Waals surface area contributed by atoms with Gasteiger partial charge in [0.05, 0.1) is 22.6 Å². The van der Waals surface area contributed by atoms with Crippen molar-refractivity contribution in [1.82, 2.24) is 18.9 Å². The van der Waals surface area contributed by atoms with Crippen LogP contribution in [0.25, 0.3) is 28.2 Å². The summed E-state index contributed by atoms with van der Waals surface area (Å²) in [6.07, 6.45) is 5.18. The zero-order valence-electron chi connectivity index (χ0n) is 14.7. The molecule has 1 aliphatic heterocycles. The lowest BCUT2D eigenvalue weighted by Crippen LogP contribution is -2.13. The summed E-state index contributed by atoms with van der Waals surface area (Å²) in [5, 5.41) is 0.0534. The summed E-state index contributed by atoms with van der Waals surface area (Å²) in [4.78, 5) is 20.7. The Hall–Kier alpha value is -3.19. The number of nitrogens with two attached hydrogens (primary N) is 1. The fourth-order valence-corrected chi connectivity index (χ4v) is 3.95. The van der Waals surface area contributed by atoms with Crippen LogP contribution in [0.4, 0.5) is 4.39 Å². The zero-order valence-corrected chi connectivity index (χ0v) is 15.4. The fraction of sp³-hybridized carbons (Fsp3) is 0.150. The van der Waals surface area contributed by atoms with E-state index in [0.717, 1.165) is 47.7 Å². The Balaban J connectivity index is 1.75. The second-order valence-electron chi connectivity index (χ2n) is 6.76. The van der Waals surface area contributed by atoms with E-state index in [1.54, 1.807) is 16.5 Å². The average Bonchev–Trinajstić information content (AvgIpc) is 3.36. The average molecular weight is 396 g/mol. The molecule has 140 valence electrons. The van der Waals surface area contributed by atoms with E-state index in [1.807, 2.05) is 18.3 Å². The van der Waals surface area contributed by atoms with Crippen molar-refractivity contribution >= 4 is 23.2 Å². The Labute approximate surface area is 164 Å². The van der Waals surface area contributed by atoms with Crippen LogP contribution < -0.4 is 5.73 Å². The standard InChI is InChI=1S/C20H15ClFN5O/c21-13-8-11(3-5-14(13)22)18-19(26-7-1-2-17(26)25-18)12-4-6-16-24-9-15(20(23)28)27(16)10-12/h3-6,8-10H,1-2,7H2,(H2,23,28). The molecule has 8 heteroatoms. The number of benzene rings is 1. The Morgan fingerprint density at radius 1 is 1.21 bits per heavy atom. The van der Waals surface area contributed by atoms with Crippen molar-refractivity contribution < 1.29 is 9.18 Å². The largest absolute Gasteiger partial charge is 0.364 e. The summed E-state index contributed by atoms with van der Waals surface area (Å²) in [6, 6.07) is 8.37. The van der Waals surface area contributed by atoms with E-state index < -0.39 is 11.7 Å². The number of aryl methyl sites for hydroxylation is 1. The van der Waals surface area contributed by atoms with Crippen LogP contribution in [-0.4, -0.2) is 24.8 Å². The van der Waals surface area contributed by atoms with Crippen LogP contribution in [0.1, 0.15) is 22.7 Å². The molecule has 4 aromatic rings. The van der Waals surface area contributed by atoms with Crippen LogP contribution in [0.3, 0.4) is 0 Å². The van der Waals surface area contributed by atoms with E-state index >= 15 is 0 Å². The van der Waals surface area contributed by atoms with Crippen molar-refractivity contribution in [1.29, 1.82) is 0 Å². The molecular weight excluding hydrogens is 381 g/mol. The lowest BCUT2D eigenvalue weighted by Gasteiger charge is -2.10. The van der Waals surface area contributed by atoms with Gasteiger partial charge in [0.15, 0.2) is 0 Å². The summed E-state index contributed by atoms with van der Waals surface area (Å²) in [5.74, 6) is -0.0374. The fourth-order valence-electron chi connectivity index (χ4n) is 3.77. The Morgan fingerprint density at radius 3 is 2.82 bits per heavy atom. The molecule has 0 spiro atoms. The second-order valence-corrected chi connectivity index (χ2v) is 7.17. The summed E-state index contributed by atoms with van der Waals surface area (Å²) >= 11 is 6.00. The first-order valence-electron chi connectivity index (χ1n) is 8.85. The number of aromatic nitrogens is 4. The quantitative estimate of drug-likeness (QED) is 0.574. The van der Waals surface area contributed by atoms with Gasteiger partial charge in [0, 0.05) is 30.3 Å². The van der Waals surface area contributed by atoms with Crippen molar-refractivity contribution in [2.24, 2.45) is 5.73 Å². The van der Waals surface area contributed by atoms with Gasteiger partial charge < -0.3 is 10.3 Å². The van der Waals surface area contributed by atoms with Gasteiger partial charge in [0.1, 0.15) is 23.0 Å². The van der Waals surface area contributed by atoms with Gasteiger partial charge in [-0.25, -0.2) is 14.4 Å². The first-order valence-corrected chi connectivity index (χ1v) is 9.23. The van der Waals surface area contributed by atoms with Gasteiger partial charge in [-0.1, -0.05) is 11.6 Å². The van der Waals surface area contributed by atoms with E-state index in [2.05, 4.69) is 9.55 Å². The molecule has 5 rings (SSSR count). The van der Waals surface area contributed by atoms with Gasteiger partial charge in [0.2, 0.25) is 0 Å². The lowest BCUT2D eigenvalue weighted by molar-refractivity contribution is 0.0995. The van der Waals surface area contributed by atoms with E-state index in [1.165, 1.54) is 12.3 Å². The molecule has 0 atom stereocenters. The monoisotopic (exact) mass is 395 g/mol. The number of carbonyl (C=O) groups excluding carboxylic acids is 1. The maximum Gasteiger partial charge on any atom is 0.267 e. The number of hydrogen-bond acceptors (Lipinski definition) is 3. The highest BCUT2D eigenvalue weighted by atomic mass is 35.5. The molecule has 0 unspecified atom stereocenters. The number of primary amides is 1. The van der Waals surface area contributed by atoms with Gasteiger partial charge in [-0.05, 0) is 36.8 Å². The molecule has 1 aliphatic rings. The molecule has 0 radical (unpaired) electrons. The Kier molecular flexibility index (Phi) is 3.73. The highest BCUT2D eigenvalue weighted by Crippen LogP contribution is 2.37. The van der Waals surface area contributed by atoms with Gasteiger partial charge in [-0.2, -0.15) is 0 Å². The number of rotatable bonds is 3. The summed E-state index contributed by atoms with van der Waals surface area (Å²) in [7, 11) is 0. The predicted octanol–water partition coefficient (Wildman–Crippen LogP) is 3.70. The zero-order chi connectivity index (χ0) is 19.4. The number of carbonyl (C=O) groups is 1. The van der Waals surface area contributed by atoms with Crippen molar-refractivity contribution in [3.8, 4) is 22.5 Å². The summed E-state index contributed by atoms with van der Waals surface area (Å²) < 4.78 is 17.5. The first-order chi connectivity index (χ1) is 13.5. The van der Waals surface area contributed by atoms with Crippen molar-refractivity contribution in [3.05, 3.63) is 65.1 Å². The van der Waals surface area contributed by atoms with Crippen LogP contribution in [0, 0.1) is 5.82 Å². The van der Waals surface area contributed by atoms with Crippen molar-refractivity contribution in [2.45, 2.75) is 19.4 Å². The molecule has 0 saturated heterocycles. The maximum atomic E-state index is 13.6. The molecule has 1 amide bonds. The molecule has 3 aromatic heterocycles. The number of pyridine rings is 1. The third-order valence-corrected chi connectivity index (χ3v) is 5.34. The van der Waals surface area contributed by atoms with E-state index in [-0.39, 0.29) is 5.02 Å². The number of imidazole rings is 2. The molecule has 6 nitrogen and oxygen atoms in total. The van der Waals surface area contributed by atoms with Crippen LogP contribution in [-0.2, 0) is 13.0 Å². The number of nitrogens with zero attached hydrogens (tertiary/aromatic N) is 4. The van der Waals surface area contributed by atoms with E-state index in [4.69, 9.17) is 22.3 Å². The van der Waals surface area contributed by atoms with Crippen molar-refractivity contribution in [2.75, 3.05) is 0 Å². The first kappa shape index (κ1) is 16.9. The van der Waals surface area contributed by atoms with Crippen molar-refractivity contribution in [3.63, 3.8) is 0 Å². The van der Waals surface area contributed by atoms with Crippen LogP contribution in [0.2, 0.25) is 5.02 Å². The molecule has 4 heterocycles. The molecule has 0 saturated carbocycles. The van der Waals surface area contributed by atoms with E-state index in [0.29, 0.717) is 11.3 Å². The maximum absolute atomic E-state index is 13.6. The highest BCUT2D eigenvalue weighted by Gasteiger charge is 2.24. The molecule has 1 aromatic carbocycles. The van der Waals surface area contributed by atoms with E-state index in [9.17, 15) is 9.18 Å². The minimum absolute atomic E-state index is 0.0534.